The maximum Gasteiger partial charge on any atom is 0.270 e. The molecule has 0 radical (unpaired) electrons. The summed E-state index contributed by atoms with van der Waals surface area (Å²) in [7, 11) is 0. The summed E-state index contributed by atoms with van der Waals surface area (Å²) in [6.07, 6.45) is 3.91. The third-order valence-electron chi connectivity index (χ3n) is 5.62. The van der Waals surface area contributed by atoms with E-state index in [0.717, 1.165) is 29.4 Å². The minimum Gasteiger partial charge on any atom is -0.351 e. The van der Waals surface area contributed by atoms with Crippen LogP contribution in [0.1, 0.15) is 41.5 Å². The van der Waals surface area contributed by atoms with E-state index >= 15 is 0 Å². The lowest BCUT2D eigenvalue weighted by molar-refractivity contribution is -0.198. The van der Waals surface area contributed by atoms with Gasteiger partial charge >= 0.3 is 0 Å². The van der Waals surface area contributed by atoms with Gasteiger partial charge in [-0.3, -0.25) is 19.1 Å². The minimum atomic E-state index is -0.208. The zero-order valence-corrected chi connectivity index (χ0v) is 16.1. The second-order valence-electron chi connectivity index (χ2n) is 7.62. The summed E-state index contributed by atoms with van der Waals surface area (Å²) in [4.78, 5) is 36.4. The summed E-state index contributed by atoms with van der Waals surface area (Å²) in [6.45, 7) is 2.10. The molecular formula is C21H23N5O3. The van der Waals surface area contributed by atoms with E-state index in [0.29, 0.717) is 31.9 Å². The topological polar surface area (TPSA) is 83.5 Å². The molecule has 2 aliphatic heterocycles. The summed E-state index contributed by atoms with van der Waals surface area (Å²) in [5, 5.41) is 6.87. The van der Waals surface area contributed by atoms with E-state index in [2.05, 4.69) is 10.1 Å². The van der Waals surface area contributed by atoms with E-state index in [9.17, 15) is 9.59 Å². The van der Waals surface area contributed by atoms with Crippen molar-refractivity contribution in [2.45, 2.75) is 31.8 Å². The first-order valence-electron chi connectivity index (χ1n) is 10.0. The molecular weight excluding hydrogens is 370 g/mol. The van der Waals surface area contributed by atoms with E-state index in [1.807, 2.05) is 41.1 Å². The summed E-state index contributed by atoms with van der Waals surface area (Å²) in [5.74, 6) is -0.128. The molecule has 0 bridgehead atoms. The van der Waals surface area contributed by atoms with Crippen LogP contribution >= 0.6 is 0 Å². The molecule has 4 heterocycles. The Labute approximate surface area is 168 Å². The van der Waals surface area contributed by atoms with Crippen molar-refractivity contribution in [2.75, 3.05) is 19.7 Å². The van der Waals surface area contributed by atoms with Gasteiger partial charge < -0.3 is 9.88 Å². The highest BCUT2D eigenvalue weighted by Gasteiger charge is 2.32. The normalized spacial score (nSPS) is 19.4. The van der Waals surface area contributed by atoms with Gasteiger partial charge in [-0.05, 0) is 31.0 Å². The van der Waals surface area contributed by atoms with Crippen LogP contribution in [-0.2, 0) is 16.2 Å². The summed E-state index contributed by atoms with van der Waals surface area (Å²) < 4.78 is 1.87. The van der Waals surface area contributed by atoms with Gasteiger partial charge in [-0.1, -0.05) is 18.2 Å². The number of amides is 2. The van der Waals surface area contributed by atoms with Crippen molar-refractivity contribution in [3.05, 3.63) is 54.0 Å². The molecule has 0 unspecified atom stereocenters. The van der Waals surface area contributed by atoms with E-state index in [1.54, 1.807) is 11.1 Å². The van der Waals surface area contributed by atoms with E-state index in [1.165, 1.54) is 5.06 Å². The van der Waals surface area contributed by atoms with Crippen molar-refractivity contribution in [3.8, 4) is 0 Å². The second-order valence-corrected chi connectivity index (χ2v) is 7.62. The predicted molar refractivity (Wildman–Crippen MR) is 106 cm³/mol. The Morgan fingerprint density at radius 3 is 2.93 bits per heavy atom. The molecule has 3 aromatic rings. The van der Waals surface area contributed by atoms with Crippen LogP contribution in [0.5, 0.6) is 0 Å². The van der Waals surface area contributed by atoms with Gasteiger partial charge in [0.15, 0.2) is 0 Å². The fraction of sp³-hybridized carbons (Fsp3) is 0.381. The molecule has 0 aliphatic carbocycles. The molecule has 2 aromatic heterocycles. The fourth-order valence-corrected chi connectivity index (χ4v) is 4.15. The number of nitrogens with one attached hydrogen (secondary N) is 1. The number of H-pyrrole nitrogens is 1. The fourth-order valence-electron chi connectivity index (χ4n) is 4.15. The van der Waals surface area contributed by atoms with Crippen molar-refractivity contribution in [3.63, 3.8) is 0 Å². The summed E-state index contributed by atoms with van der Waals surface area (Å²) in [6, 6.07) is 11.4. The van der Waals surface area contributed by atoms with Crippen LogP contribution in [0.15, 0.2) is 42.6 Å². The van der Waals surface area contributed by atoms with Gasteiger partial charge in [-0.15, -0.1) is 0 Å². The van der Waals surface area contributed by atoms with Gasteiger partial charge in [-0.2, -0.15) is 5.10 Å². The van der Waals surface area contributed by atoms with Crippen molar-refractivity contribution < 1.29 is 14.4 Å². The van der Waals surface area contributed by atoms with Crippen LogP contribution in [0.2, 0.25) is 0 Å². The first kappa shape index (κ1) is 17.9. The highest BCUT2D eigenvalue weighted by molar-refractivity contribution is 5.98. The molecule has 8 heteroatoms. The SMILES string of the molecule is O=C(c1cc2ccccc2[nH]1)N1Cc2ccnn2[C@H](CC(=O)N2CCCCO2)C1. The van der Waals surface area contributed by atoms with E-state index in [-0.39, 0.29) is 24.3 Å². The van der Waals surface area contributed by atoms with Crippen LogP contribution in [0, 0.1) is 0 Å². The van der Waals surface area contributed by atoms with Crippen molar-refractivity contribution in [2.24, 2.45) is 0 Å². The molecule has 0 saturated carbocycles. The predicted octanol–water partition coefficient (Wildman–Crippen LogP) is 2.51. The Bertz CT molecular complexity index is 1020. The Morgan fingerprint density at radius 1 is 1.21 bits per heavy atom. The largest absolute Gasteiger partial charge is 0.351 e. The van der Waals surface area contributed by atoms with E-state index < -0.39 is 0 Å². The van der Waals surface area contributed by atoms with Gasteiger partial charge in [0.05, 0.1) is 31.3 Å². The maximum absolute atomic E-state index is 13.2. The molecule has 0 spiro atoms. The number of aromatic amines is 1. The highest BCUT2D eigenvalue weighted by Crippen LogP contribution is 2.26. The number of benzene rings is 1. The number of aromatic nitrogens is 3. The lowest BCUT2D eigenvalue weighted by Crippen LogP contribution is -2.44. The molecule has 1 saturated heterocycles. The third-order valence-corrected chi connectivity index (χ3v) is 5.62. The number of hydroxylamine groups is 2. The number of carbonyl (C=O) groups is 2. The molecule has 5 rings (SSSR count). The zero-order chi connectivity index (χ0) is 19.8. The molecule has 8 nitrogen and oxygen atoms in total. The number of nitrogens with zero attached hydrogens (tertiary/aromatic N) is 4. The molecule has 1 atom stereocenters. The van der Waals surface area contributed by atoms with Gasteiger partial charge in [-0.25, -0.2) is 5.06 Å². The maximum atomic E-state index is 13.2. The number of hydrogen-bond acceptors (Lipinski definition) is 4. The van der Waals surface area contributed by atoms with Crippen LogP contribution in [0.25, 0.3) is 10.9 Å². The standard InChI is InChI=1S/C21H23N5O3/c27-20(25-9-3-4-10-29-25)12-17-14-24(13-16-7-8-22-26(16)17)21(28)19-11-15-5-1-2-6-18(15)23-19/h1-2,5-8,11,17,23H,3-4,9-10,12-14H2/t17-/m1/s1. The molecule has 150 valence electrons. The lowest BCUT2D eigenvalue weighted by Gasteiger charge is -2.34. The number of hydrogen-bond donors (Lipinski definition) is 1. The minimum absolute atomic E-state index is 0.0592. The number of para-hydroxylation sites is 1. The van der Waals surface area contributed by atoms with Gasteiger partial charge in [0, 0.05) is 30.2 Å². The first-order valence-corrected chi connectivity index (χ1v) is 10.0. The smallest absolute Gasteiger partial charge is 0.270 e. The third kappa shape index (κ3) is 3.40. The molecule has 29 heavy (non-hydrogen) atoms. The summed E-state index contributed by atoms with van der Waals surface area (Å²) in [5.41, 5.74) is 2.42. The summed E-state index contributed by atoms with van der Waals surface area (Å²) >= 11 is 0. The Kier molecular flexibility index (Phi) is 4.55. The van der Waals surface area contributed by atoms with Crippen LogP contribution in [0.4, 0.5) is 0 Å². The number of fused-ring (bicyclic) bond motifs is 2. The van der Waals surface area contributed by atoms with Gasteiger partial charge in [0.25, 0.3) is 5.91 Å². The molecule has 1 N–H and O–H groups in total. The lowest BCUT2D eigenvalue weighted by atomic mass is 10.1. The Hall–Kier alpha value is -3.13. The highest BCUT2D eigenvalue weighted by atomic mass is 16.7. The van der Waals surface area contributed by atoms with Crippen LogP contribution < -0.4 is 0 Å². The van der Waals surface area contributed by atoms with Crippen molar-refractivity contribution >= 4 is 22.7 Å². The Balaban J connectivity index is 1.36. The van der Waals surface area contributed by atoms with E-state index in [4.69, 9.17) is 4.84 Å². The monoisotopic (exact) mass is 393 g/mol. The van der Waals surface area contributed by atoms with Crippen molar-refractivity contribution in [1.29, 1.82) is 0 Å². The molecule has 1 aromatic carbocycles. The number of rotatable bonds is 3. The second kappa shape index (κ2) is 7.36. The average Bonchev–Trinajstić information content (AvgIpc) is 3.40. The van der Waals surface area contributed by atoms with Crippen molar-refractivity contribution in [1.82, 2.24) is 24.7 Å². The number of carbonyl (C=O) groups excluding carboxylic acids is 2. The Morgan fingerprint density at radius 2 is 2.10 bits per heavy atom. The molecule has 1 fully saturated rings. The quantitative estimate of drug-likeness (QED) is 0.741. The van der Waals surface area contributed by atoms with Crippen LogP contribution in [-0.4, -0.2) is 56.2 Å². The molecule has 2 aliphatic rings. The molecule has 2 amide bonds. The van der Waals surface area contributed by atoms with Gasteiger partial charge in [0.1, 0.15) is 5.69 Å². The average molecular weight is 393 g/mol. The van der Waals surface area contributed by atoms with Crippen LogP contribution in [0.3, 0.4) is 0 Å². The zero-order valence-electron chi connectivity index (χ0n) is 16.1. The first-order chi connectivity index (χ1) is 14.2. The van der Waals surface area contributed by atoms with Gasteiger partial charge in [0.2, 0.25) is 5.91 Å².